The van der Waals surface area contributed by atoms with Gasteiger partial charge in [-0.05, 0) is 46.4 Å². The fourth-order valence-electron chi connectivity index (χ4n) is 1.09. The normalized spacial score (nSPS) is 11.2. The first-order valence-electron chi connectivity index (χ1n) is 4.03. The Labute approximate surface area is 102 Å². The smallest absolute Gasteiger partial charge is 0.481 e. The Morgan fingerprint density at radius 3 is 2.50 bits per heavy atom. The molecule has 1 N–H and O–H groups in total. The number of halogens is 4. The SMILES string of the molecule is O=C(O)Cc1cc(I)cc(OC(F)(F)F)c1. The van der Waals surface area contributed by atoms with E-state index in [0.717, 1.165) is 6.07 Å². The number of benzene rings is 1. The molecule has 88 valence electrons. The molecule has 0 heterocycles. The van der Waals surface area contributed by atoms with Crippen LogP contribution in [0.15, 0.2) is 18.2 Å². The van der Waals surface area contributed by atoms with E-state index in [1.807, 2.05) is 0 Å². The van der Waals surface area contributed by atoms with E-state index in [0.29, 0.717) is 3.57 Å². The number of carbonyl (C=O) groups is 1. The first kappa shape index (κ1) is 13.1. The second-order valence-corrected chi connectivity index (χ2v) is 4.16. The number of aliphatic carboxylic acids is 1. The molecule has 0 spiro atoms. The highest BCUT2D eigenvalue weighted by atomic mass is 127. The highest BCUT2D eigenvalue weighted by molar-refractivity contribution is 14.1. The van der Waals surface area contributed by atoms with Gasteiger partial charge in [0.2, 0.25) is 0 Å². The molecule has 1 rings (SSSR count). The number of hydrogen-bond donors (Lipinski definition) is 1. The zero-order valence-electron chi connectivity index (χ0n) is 7.71. The lowest BCUT2D eigenvalue weighted by Crippen LogP contribution is -2.17. The van der Waals surface area contributed by atoms with Gasteiger partial charge < -0.3 is 9.84 Å². The molecule has 7 heteroatoms. The van der Waals surface area contributed by atoms with Crippen molar-refractivity contribution in [3.8, 4) is 5.75 Å². The number of carboxylic acids is 1. The van der Waals surface area contributed by atoms with E-state index in [2.05, 4.69) is 4.74 Å². The Hall–Kier alpha value is -0.990. The van der Waals surface area contributed by atoms with Crippen molar-refractivity contribution < 1.29 is 27.8 Å². The molecule has 0 saturated heterocycles. The molecular weight excluding hydrogens is 340 g/mol. The summed E-state index contributed by atoms with van der Waals surface area (Å²) in [5.41, 5.74) is 0.263. The van der Waals surface area contributed by atoms with Crippen LogP contribution in [0.3, 0.4) is 0 Å². The van der Waals surface area contributed by atoms with Crippen LogP contribution in [0.25, 0.3) is 0 Å². The van der Waals surface area contributed by atoms with Gasteiger partial charge in [0.1, 0.15) is 5.75 Å². The summed E-state index contributed by atoms with van der Waals surface area (Å²) in [6.07, 6.45) is -5.12. The van der Waals surface area contributed by atoms with E-state index >= 15 is 0 Å². The standard InChI is InChI=1S/C9H6F3IO3/c10-9(11,12)16-7-2-5(3-8(14)15)1-6(13)4-7/h1-2,4H,3H2,(H,14,15). The molecule has 0 atom stereocenters. The minimum Gasteiger partial charge on any atom is -0.481 e. The highest BCUT2D eigenvalue weighted by Crippen LogP contribution is 2.25. The van der Waals surface area contributed by atoms with Crippen LogP contribution in [0, 0.1) is 3.57 Å². The molecule has 0 aliphatic heterocycles. The average Bonchev–Trinajstić information content (AvgIpc) is 1.96. The second-order valence-electron chi connectivity index (χ2n) is 2.91. The van der Waals surface area contributed by atoms with Crippen LogP contribution in [-0.2, 0) is 11.2 Å². The van der Waals surface area contributed by atoms with Gasteiger partial charge in [0.05, 0.1) is 6.42 Å². The third-order valence-corrected chi connectivity index (χ3v) is 2.14. The third kappa shape index (κ3) is 4.69. The molecule has 3 nitrogen and oxygen atoms in total. The Morgan fingerprint density at radius 2 is 2.00 bits per heavy atom. The van der Waals surface area contributed by atoms with Crippen LogP contribution >= 0.6 is 22.6 Å². The van der Waals surface area contributed by atoms with Gasteiger partial charge in [0.15, 0.2) is 0 Å². The lowest BCUT2D eigenvalue weighted by atomic mass is 10.1. The largest absolute Gasteiger partial charge is 0.573 e. The van der Waals surface area contributed by atoms with Crippen molar-refractivity contribution in [1.82, 2.24) is 0 Å². The van der Waals surface area contributed by atoms with Gasteiger partial charge in [-0.1, -0.05) is 0 Å². The molecule has 0 bridgehead atoms. The molecule has 0 aliphatic rings. The maximum absolute atomic E-state index is 11.9. The van der Waals surface area contributed by atoms with E-state index in [-0.39, 0.29) is 12.0 Å². The van der Waals surface area contributed by atoms with Crippen LogP contribution < -0.4 is 4.74 Å². The molecule has 0 aromatic heterocycles. The number of rotatable bonds is 3. The minimum absolute atomic E-state index is 0.263. The van der Waals surface area contributed by atoms with Gasteiger partial charge in [0.25, 0.3) is 0 Å². The summed E-state index contributed by atoms with van der Waals surface area (Å²) < 4.78 is 40.0. The highest BCUT2D eigenvalue weighted by Gasteiger charge is 2.31. The molecule has 0 saturated carbocycles. The predicted molar refractivity (Wildman–Crippen MR) is 57.2 cm³/mol. The lowest BCUT2D eigenvalue weighted by Gasteiger charge is -2.10. The van der Waals surface area contributed by atoms with Crippen molar-refractivity contribution in [2.24, 2.45) is 0 Å². The zero-order chi connectivity index (χ0) is 12.3. The first-order valence-corrected chi connectivity index (χ1v) is 5.11. The van der Waals surface area contributed by atoms with Gasteiger partial charge in [-0.2, -0.15) is 0 Å². The summed E-state index contributed by atoms with van der Waals surface area (Å²) in [4.78, 5) is 10.4. The second kappa shape index (κ2) is 4.89. The number of hydrogen-bond acceptors (Lipinski definition) is 2. The van der Waals surface area contributed by atoms with Crippen LogP contribution in [-0.4, -0.2) is 17.4 Å². The summed E-state index contributed by atoms with van der Waals surface area (Å²) in [5, 5.41) is 8.52. The molecule has 0 amide bonds. The maximum Gasteiger partial charge on any atom is 0.573 e. The fraction of sp³-hybridized carbons (Fsp3) is 0.222. The molecule has 0 fully saturated rings. The summed E-state index contributed by atoms with van der Waals surface area (Å²) in [5.74, 6) is -1.52. The summed E-state index contributed by atoms with van der Waals surface area (Å²) in [7, 11) is 0. The zero-order valence-corrected chi connectivity index (χ0v) is 9.87. The van der Waals surface area contributed by atoms with Crippen molar-refractivity contribution in [3.05, 3.63) is 27.3 Å². The summed E-state index contributed by atoms with van der Waals surface area (Å²) in [6.45, 7) is 0. The molecular formula is C9H6F3IO3. The Balaban J connectivity index is 2.94. The molecule has 0 unspecified atom stereocenters. The van der Waals surface area contributed by atoms with E-state index in [4.69, 9.17) is 5.11 Å². The van der Waals surface area contributed by atoms with Crippen molar-refractivity contribution in [2.45, 2.75) is 12.8 Å². The van der Waals surface area contributed by atoms with Gasteiger partial charge in [-0.15, -0.1) is 13.2 Å². The van der Waals surface area contributed by atoms with Crippen LogP contribution in [0.1, 0.15) is 5.56 Å². The minimum atomic E-state index is -4.77. The van der Waals surface area contributed by atoms with Crippen LogP contribution in [0.4, 0.5) is 13.2 Å². The van der Waals surface area contributed by atoms with E-state index in [1.54, 1.807) is 22.6 Å². The monoisotopic (exact) mass is 346 g/mol. The fourth-order valence-corrected chi connectivity index (χ4v) is 1.80. The van der Waals surface area contributed by atoms with Crippen molar-refractivity contribution in [3.63, 3.8) is 0 Å². The molecule has 0 aliphatic carbocycles. The Kier molecular flexibility index (Phi) is 4.00. The average molecular weight is 346 g/mol. The van der Waals surface area contributed by atoms with E-state index in [9.17, 15) is 18.0 Å². The van der Waals surface area contributed by atoms with Gasteiger partial charge >= 0.3 is 12.3 Å². The number of alkyl halides is 3. The lowest BCUT2D eigenvalue weighted by molar-refractivity contribution is -0.274. The molecule has 16 heavy (non-hydrogen) atoms. The molecule has 0 radical (unpaired) electrons. The van der Waals surface area contributed by atoms with Gasteiger partial charge in [0, 0.05) is 3.57 Å². The van der Waals surface area contributed by atoms with Crippen LogP contribution in [0.2, 0.25) is 0 Å². The topological polar surface area (TPSA) is 46.5 Å². The van der Waals surface area contributed by atoms with E-state index in [1.165, 1.54) is 12.1 Å². The summed E-state index contributed by atoms with van der Waals surface area (Å²) >= 11 is 1.79. The van der Waals surface area contributed by atoms with Crippen molar-refractivity contribution in [2.75, 3.05) is 0 Å². The maximum atomic E-state index is 11.9. The number of ether oxygens (including phenoxy) is 1. The van der Waals surface area contributed by atoms with E-state index < -0.39 is 18.1 Å². The van der Waals surface area contributed by atoms with Crippen LogP contribution in [0.5, 0.6) is 5.75 Å². The van der Waals surface area contributed by atoms with Gasteiger partial charge in [-0.3, -0.25) is 4.79 Å². The summed E-state index contributed by atoms with van der Waals surface area (Å²) in [6, 6.07) is 3.72. The third-order valence-electron chi connectivity index (χ3n) is 1.52. The Bertz CT molecular complexity index is 403. The number of carboxylic acid groups (broad SMARTS) is 1. The first-order chi connectivity index (χ1) is 7.26. The van der Waals surface area contributed by atoms with Gasteiger partial charge in [-0.25, -0.2) is 0 Å². The molecule has 1 aromatic rings. The quantitative estimate of drug-likeness (QED) is 0.857. The molecule has 1 aromatic carbocycles. The van der Waals surface area contributed by atoms with Crippen molar-refractivity contribution >= 4 is 28.6 Å². The Morgan fingerprint density at radius 1 is 1.38 bits per heavy atom. The van der Waals surface area contributed by atoms with Crippen molar-refractivity contribution in [1.29, 1.82) is 0 Å². The predicted octanol–water partition coefficient (Wildman–Crippen LogP) is 2.82.